The Kier molecular flexibility index (Phi) is 3.90. The van der Waals surface area contributed by atoms with Gasteiger partial charge in [-0.1, -0.05) is 0 Å². The number of carbonyl (C=O) groups is 1. The second-order valence-corrected chi connectivity index (χ2v) is 4.75. The summed E-state index contributed by atoms with van der Waals surface area (Å²) >= 11 is 3.34. The highest BCUT2D eigenvalue weighted by molar-refractivity contribution is 9.10. The fourth-order valence-electron chi connectivity index (χ4n) is 1.71. The van der Waals surface area contributed by atoms with E-state index in [0.717, 1.165) is 29.6 Å². The van der Waals surface area contributed by atoms with Gasteiger partial charge in [-0.3, -0.25) is 9.78 Å². The highest BCUT2D eigenvalue weighted by Crippen LogP contribution is 2.08. The first kappa shape index (κ1) is 11.5. The molecule has 16 heavy (non-hydrogen) atoms. The number of nitrogens with one attached hydrogen (secondary N) is 2. The molecular weight excluding hydrogens is 270 g/mol. The molecule has 0 bridgehead atoms. The molecule has 5 heteroatoms. The average molecular weight is 284 g/mol. The van der Waals surface area contributed by atoms with Crippen molar-refractivity contribution in [3.63, 3.8) is 0 Å². The van der Waals surface area contributed by atoms with Crippen LogP contribution in [0.4, 0.5) is 0 Å². The van der Waals surface area contributed by atoms with Gasteiger partial charge in [-0.15, -0.1) is 0 Å². The predicted octanol–water partition coefficient (Wildman–Crippen LogP) is 1.21. The molecule has 86 valence electrons. The van der Waals surface area contributed by atoms with Crippen LogP contribution in [0.25, 0.3) is 0 Å². The number of carbonyl (C=O) groups excluding carboxylic acids is 1. The topological polar surface area (TPSA) is 54.0 Å². The lowest BCUT2D eigenvalue weighted by atomic mass is 10.1. The molecule has 2 rings (SSSR count). The molecule has 0 spiro atoms. The molecule has 1 aromatic heterocycles. The van der Waals surface area contributed by atoms with Crippen molar-refractivity contribution in [1.29, 1.82) is 0 Å². The number of hydrogen-bond acceptors (Lipinski definition) is 3. The Balaban J connectivity index is 1.86. The lowest BCUT2D eigenvalue weighted by molar-refractivity contribution is -0.124. The summed E-state index contributed by atoms with van der Waals surface area (Å²) in [4.78, 5) is 15.7. The summed E-state index contributed by atoms with van der Waals surface area (Å²) in [6.07, 6.45) is 3.71. The van der Waals surface area contributed by atoms with E-state index in [2.05, 4.69) is 31.5 Å². The van der Waals surface area contributed by atoms with Gasteiger partial charge in [-0.05, 0) is 40.9 Å². The molecule has 1 aromatic rings. The number of nitrogens with zero attached hydrogens (tertiary/aromatic N) is 1. The molecule has 1 aliphatic rings. The molecule has 2 N–H and O–H groups in total. The molecule has 1 atom stereocenters. The zero-order valence-corrected chi connectivity index (χ0v) is 10.5. The molecule has 0 radical (unpaired) electrons. The van der Waals surface area contributed by atoms with Gasteiger partial charge in [0.1, 0.15) is 0 Å². The summed E-state index contributed by atoms with van der Waals surface area (Å²) < 4.78 is 0.964. The van der Waals surface area contributed by atoms with Crippen molar-refractivity contribution >= 4 is 21.8 Å². The monoisotopic (exact) mass is 283 g/mol. The molecule has 1 unspecified atom stereocenters. The molecule has 1 fully saturated rings. The first-order valence-corrected chi connectivity index (χ1v) is 6.16. The quantitative estimate of drug-likeness (QED) is 0.877. The third-order valence-electron chi connectivity index (χ3n) is 2.60. The van der Waals surface area contributed by atoms with Crippen molar-refractivity contribution in [1.82, 2.24) is 15.6 Å². The summed E-state index contributed by atoms with van der Waals surface area (Å²) in [6, 6.07) is 3.82. The number of rotatable bonds is 3. The van der Waals surface area contributed by atoms with E-state index >= 15 is 0 Å². The smallest absolute Gasteiger partial charge is 0.237 e. The average Bonchev–Trinajstić information content (AvgIpc) is 2.30. The maximum absolute atomic E-state index is 11.5. The van der Waals surface area contributed by atoms with Crippen molar-refractivity contribution in [2.75, 3.05) is 6.54 Å². The van der Waals surface area contributed by atoms with Crippen molar-refractivity contribution in [2.45, 2.75) is 25.4 Å². The van der Waals surface area contributed by atoms with Gasteiger partial charge < -0.3 is 10.6 Å². The predicted molar refractivity (Wildman–Crippen MR) is 64.8 cm³/mol. The van der Waals surface area contributed by atoms with E-state index in [-0.39, 0.29) is 11.9 Å². The van der Waals surface area contributed by atoms with Crippen LogP contribution in [-0.2, 0) is 11.3 Å². The zero-order valence-electron chi connectivity index (χ0n) is 8.87. The first-order valence-electron chi connectivity index (χ1n) is 5.37. The van der Waals surface area contributed by atoms with Crippen LogP contribution in [0, 0.1) is 0 Å². The second kappa shape index (κ2) is 5.41. The van der Waals surface area contributed by atoms with Gasteiger partial charge in [0.25, 0.3) is 0 Å². The van der Waals surface area contributed by atoms with Crippen molar-refractivity contribution in [3.05, 3.63) is 28.5 Å². The minimum absolute atomic E-state index is 0.0702. The van der Waals surface area contributed by atoms with Crippen LogP contribution in [-0.4, -0.2) is 23.5 Å². The Morgan fingerprint density at radius 3 is 3.12 bits per heavy atom. The second-order valence-electron chi connectivity index (χ2n) is 3.83. The highest BCUT2D eigenvalue weighted by Gasteiger charge is 2.20. The van der Waals surface area contributed by atoms with E-state index < -0.39 is 0 Å². The van der Waals surface area contributed by atoms with Gasteiger partial charge in [0, 0.05) is 23.8 Å². The lowest BCUT2D eigenvalue weighted by Crippen LogP contribution is -2.47. The molecule has 1 saturated heterocycles. The van der Waals surface area contributed by atoms with Gasteiger partial charge in [0.05, 0.1) is 11.7 Å². The Hall–Kier alpha value is -0.940. The Morgan fingerprint density at radius 2 is 2.44 bits per heavy atom. The maximum atomic E-state index is 11.5. The molecule has 0 aromatic carbocycles. The van der Waals surface area contributed by atoms with Crippen molar-refractivity contribution in [2.24, 2.45) is 0 Å². The van der Waals surface area contributed by atoms with Crippen LogP contribution in [0.3, 0.4) is 0 Å². The third-order valence-corrected chi connectivity index (χ3v) is 3.07. The summed E-state index contributed by atoms with van der Waals surface area (Å²) in [6.45, 7) is 1.43. The fourth-order valence-corrected chi connectivity index (χ4v) is 1.94. The Morgan fingerprint density at radius 1 is 1.56 bits per heavy atom. The zero-order chi connectivity index (χ0) is 11.4. The van der Waals surface area contributed by atoms with Gasteiger partial charge in [-0.2, -0.15) is 0 Å². The van der Waals surface area contributed by atoms with E-state index in [4.69, 9.17) is 0 Å². The fraction of sp³-hybridized carbons (Fsp3) is 0.455. The number of piperidine rings is 1. The van der Waals surface area contributed by atoms with E-state index in [1.54, 1.807) is 6.20 Å². The number of aromatic nitrogens is 1. The van der Waals surface area contributed by atoms with E-state index in [9.17, 15) is 4.79 Å². The normalized spacial score (nSPS) is 20.6. The van der Waals surface area contributed by atoms with Crippen LogP contribution in [0.15, 0.2) is 22.8 Å². The SMILES string of the molecule is O=C1NCCCC1NCc1ccc(Br)cn1. The van der Waals surface area contributed by atoms with E-state index in [1.165, 1.54) is 0 Å². The van der Waals surface area contributed by atoms with Gasteiger partial charge in [-0.25, -0.2) is 0 Å². The van der Waals surface area contributed by atoms with Gasteiger partial charge in [0.2, 0.25) is 5.91 Å². The molecular formula is C11H14BrN3O. The highest BCUT2D eigenvalue weighted by atomic mass is 79.9. The van der Waals surface area contributed by atoms with Gasteiger partial charge >= 0.3 is 0 Å². The number of hydrogen-bond donors (Lipinski definition) is 2. The summed E-state index contributed by atoms with van der Waals surface area (Å²) in [5, 5.41) is 6.07. The summed E-state index contributed by atoms with van der Waals surface area (Å²) in [5.74, 6) is 0.100. The summed E-state index contributed by atoms with van der Waals surface area (Å²) in [5.41, 5.74) is 0.946. The molecule has 1 amide bonds. The first-order chi connectivity index (χ1) is 7.75. The van der Waals surface area contributed by atoms with Gasteiger partial charge in [0.15, 0.2) is 0 Å². The molecule has 4 nitrogen and oxygen atoms in total. The molecule has 1 aliphatic heterocycles. The maximum Gasteiger partial charge on any atom is 0.237 e. The standard InChI is InChI=1S/C11H14BrN3O/c12-8-3-4-9(14-6-8)7-15-10-2-1-5-13-11(10)16/h3-4,6,10,15H,1-2,5,7H2,(H,13,16). The van der Waals surface area contributed by atoms with E-state index in [0.29, 0.717) is 6.54 Å². The lowest BCUT2D eigenvalue weighted by Gasteiger charge is -2.22. The van der Waals surface area contributed by atoms with Crippen LogP contribution < -0.4 is 10.6 Å². The number of pyridine rings is 1. The van der Waals surface area contributed by atoms with Crippen LogP contribution >= 0.6 is 15.9 Å². The molecule has 0 saturated carbocycles. The third kappa shape index (κ3) is 3.02. The minimum Gasteiger partial charge on any atom is -0.355 e. The summed E-state index contributed by atoms with van der Waals surface area (Å²) in [7, 11) is 0. The Bertz CT molecular complexity index is 366. The Labute approximate surface area is 103 Å². The van der Waals surface area contributed by atoms with Crippen LogP contribution in [0.5, 0.6) is 0 Å². The molecule has 2 heterocycles. The van der Waals surface area contributed by atoms with Crippen LogP contribution in [0.1, 0.15) is 18.5 Å². The minimum atomic E-state index is -0.0702. The van der Waals surface area contributed by atoms with Crippen LogP contribution in [0.2, 0.25) is 0 Å². The number of amides is 1. The molecule has 0 aliphatic carbocycles. The number of halogens is 1. The largest absolute Gasteiger partial charge is 0.355 e. The van der Waals surface area contributed by atoms with E-state index in [1.807, 2.05) is 12.1 Å². The van der Waals surface area contributed by atoms with Crippen molar-refractivity contribution in [3.8, 4) is 0 Å². The van der Waals surface area contributed by atoms with Crippen molar-refractivity contribution < 1.29 is 4.79 Å².